The zero-order chi connectivity index (χ0) is 12.4. The summed E-state index contributed by atoms with van der Waals surface area (Å²) in [4.78, 5) is 25.8. The van der Waals surface area contributed by atoms with Crippen molar-refractivity contribution in [3.8, 4) is 0 Å². The van der Waals surface area contributed by atoms with Crippen molar-refractivity contribution in [1.82, 2.24) is 4.90 Å². The van der Waals surface area contributed by atoms with Crippen LogP contribution in [0.25, 0.3) is 0 Å². The summed E-state index contributed by atoms with van der Waals surface area (Å²) in [5.74, 6) is -1.53. The highest BCUT2D eigenvalue weighted by Gasteiger charge is 2.44. The lowest BCUT2D eigenvalue weighted by molar-refractivity contribution is -0.142. The second-order valence-corrected chi connectivity index (χ2v) is 5.18. The van der Waals surface area contributed by atoms with Crippen molar-refractivity contribution in [3.63, 3.8) is 0 Å². The van der Waals surface area contributed by atoms with Crippen molar-refractivity contribution in [2.24, 2.45) is 5.92 Å². The van der Waals surface area contributed by atoms with E-state index in [-0.39, 0.29) is 18.4 Å². The third kappa shape index (κ3) is 2.20. The maximum Gasteiger partial charge on any atom is 0.309 e. The van der Waals surface area contributed by atoms with Gasteiger partial charge in [0.2, 0.25) is 5.91 Å². The van der Waals surface area contributed by atoms with E-state index in [9.17, 15) is 14.7 Å². The first kappa shape index (κ1) is 12.1. The molecule has 1 N–H and O–H groups in total. The van der Waals surface area contributed by atoms with Gasteiger partial charge in [0, 0.05) is 17.8 Å². The molecule has 5 heteroatoms. The molecule has 1 aliphatic rings. The second kappa shape index (κ2) is 4.87. The van der Waals surface area contributed by atoms with E-state index in [1.807, 2.05) is 24.4 Å². The van der Waals surface area contributed by atoms with Gasteiger partial charge in [-0.15, -0.1) is 11.3 Å². The van der Waals surface area contributed by atoms with Crippen LogP contribution in [0.3, 0.4) is 0 Å². The maximum absolute atomic E-state index is 11.9. The van der Waals surface area contributed by atoms with Gasteiger partial charge in [0.05, 0.1) is 12.0 Å². The van der Waals surface area contributed by atoms with Gasteiger partial charge in [0.1, 0.15) is 0 Å². The molecule has 0 aromatic carbocycles. The van der Waals surface area contributed by atoms with E-state index in [0.717, 1.165) is 11.3 Å². The summed E-state index contributed by atoms with van der Waals surface area (Å²) in [5.41, 5.74) is 0. The molecule has 0 radical (unpaired) electrons. The Morgan fingerprint density at radius 1 is 1.65 bits per heavy atom. The lowest BCUT2D eigenvalue weighted by atomic mass is 9.99. The van der Waals surface area contributed by atoms with Crippen molar-refractivity contribution in [1.29, 1.82) is 0 Å². The van der Waals surface area contributed by atoms with E-state index in [4.69, 9.17) is 0 Å². The van der Waals surface area contributed by atoms with Gasteiger partial charge in [-0.2, -0.15) is 0 Å². The van der Waals surface area contributed by atoms with Crippen molar-refractivity contribution in [2.45, 2.75) is 25.8 Å². The van der Waals surface area contributed by atoms with Crippen LogP contribution in [0.15, 0.2) is 17.5 Å². The number of rotatable bonds is 4. The van der Waals surface area contributed by atoms with E-state index >= 15 is 0 Å². The summed E-state index contributed by atoms with van der Waals surface area (Å²) in [5, 5.41) is 11.1. The highest BCUT2D eigenvalue weighted by Crippen LogP contribution is 2.40. The number of thiophene rings is 1. The lowest BCUT2D eigenvalue weighted by Crippen LogP contribution is -2.30. The Bertz CT molecular complexity index is 415. The van der Waals surface area contributed by atoms with Crippen molar-refractivity contribution < 1.29 is 14.7 Å². The second-order valence-electron chi connectivity index (χ2n) is 4.20. The van der Waals surface area contributed by atoms with Crippen LogP contribution >= 0.6 is 11.3 Å². The molecule has 92 valence electrons. The van der Waals surface area contributed by atoms with E-state index < -0.39 is 11.9 Å². The quantitative estimate of drug-likeness (QED) is 0.894. The van der Waals surface area contributed by atoms with Crippen LogP contribution in [0.4, 0.5) is 0 Å². The van der Waals surface area contributed by atoms with Crippen LogP contribution < -0.4 is 0 Å². The van der Waals surface area contributed by atoms with Crippen molar-refractivity contribution in [2.75, 3.05) is 6.54 Å². The molecule has 1 aromatic rings. The highest BCUT2D eigenvalue weighted by atomic mass is 32.1. The molecule has 2 atom stereocenters. The fourth-order valence-corrected chi connectivity index (χ4v) is 3.23. The van der Waals surface area contributed by atoms with Crippen molar-refractivity contribution >= 4 is 23.2 Å². The van der Waals surface area contributed by atoms with Gasteiger partial charge in [-0.25, -0.2) is 0 Å². The average molecular weight is 253 g/mol. The Morgan fingerprint density at radius 3 is 2.94 bits per heavy atom. The Morgan fingerprint density at radius 2 is 2.41 bits per heavy atom. The zero-order valence-corrected chi connectivity index (χ0v) is 10.4. The fourth-order valence-electron chi connectivity index (χ4n) is 2.33. The average Bonchev–Trinajstić information content (AvgIpc) is 2.87. The Labute approximate surface area is 104 Å². The standard InChI is InChI=1S/C12H15NO3S/c1-2-5-13-10(14)7-8(12(15)16)11(13)9-4-3-6-17-9/h3-4,6,8,11H,2,5,7H2,1H3,(H,15,16). The predicted octanol–water partition coefficient (Wildman–Crippen LogP) is 2.13. The minimum Gasteiger partial charge on any atom is -0.481 e. The van der Waals surface area contributed by atoms with E-state index in [1.165, 1.54) is 11.3 Å². The van der Waals surface area contributed by atoms with E-state index in [0.29, 0.717) is 6.54 Å². The molecular weight excluding hydrogens is 238 g/mol. The highest BCUT2D eigenvalue weighted by molar-refractivity contribution is 7.10. The lowest BCUT2D eigenvalue weighted by Gasteiger charge is -2.25. The van der Waals surface area contributed by atoms with Gasteiger partial charge in [0.15, 0.2) is 0 Å². The molecule has 2 heterocycles. The molecule has 0 bridgehead atoms. The molecule has 1 saturated heterocycles. The number of likely N-dealkylation sites (tertiary alicyclic amines) is 1. The predicted molar refractivity (Wildman–Crippen MR) is 64.8 cm³/mol. The number of amides is 1. The molecule has 2 unspecified atom stereocenters. The van der Waals surface area contributed by atoms with E-state index in [1.54, 1.807) is 4.90 Å². The number of carbonyl (C=O) groups is 2. The zero-order valence-electron chi connectivity index (χ0n) is 9.63. The van der Waals surface area contributed by atoms with Crippen LogP contribution in [0.5, 0.6) is 0 Å². The van der Waals surface area contributed by atoms with Gasteiger partial charge in [-0.3, -0.25) is 9.59 Å². The first-order valence-electron chi connectivity index (χ1n) is 5.70. The van der Waals surface area contributed by atoms with Gasteiger partial charge in [-0.05, 0) is 17.9 Å². The molecule has 4 nitrogen and oxygen atoms in total. The summed E-state index contributed by atoms with van der Waals surface area (Å²) >= 11 is 1.52. The molecule has 0 spiro atoms. The number of carbonyl (C=O) groups excluding carboxylic acids is 1. The molecular formula is C12H15NO3S. The molecule has 17 heavy (non-hydrogen) atoms. The Balaban J connectivity index is 2.32. The summed E-state index contributed by atoms with van der Waals surface area (Å²) < 4.78 is 0. The molecule has 1 aliphatic heterocycles. The number of carboxylic acids is 1. The smallest absolute Gasteiger partial charge is 0.309 e. The van der Waals surface area contributed by atoms with Crippen molar-refractivity contribution in [3.05, 3.63) is 22.4 Å². The van der Waals surface area contributed by atoms with Crippen LogP contribution in [0, 0.1) is 5.92 Å². The third-order valence-corrected chi connectivity index (χ3v) is 3.99. The molecule has 0 aliphatic carbocycles. The number of carboxylic acid groups (broad SMARTS) is 1. The number of hydrogen-bond donors (Lipinski definition) is 1. The van der Waals surface area contributed by atoms with Crippen LogP contribution in [0.2, 0.25) is 0 Å². The maximum atomic E-state index is 11.9. The normalized spacial score (nSPS) is 24.3. The molecule has 0 saturated carbocycles. The topological polar surface area (TPSA) is 57.6 Å². The minimum absolute atomic E-state index is 0.0438. The molecule has 1 amide bonds. The first-order chi connectivity index (χ1) is 8.15. The number of nitrogens with zero attached hydrogens (tertiary/aromatic N) is 1. The first-order valence-corrected chi connectivity index (χ1v) is 6.58. The van der Waals surface area contributed by atoms with Crippen LogP contribution in [-0.4, -0.2) is 28.4 Å². The SMILES string of the molecule is CCCN1C(=O)CC(C(=O)O)C1c1cccs1. The van der Waals surface area contributed by atoms with Crippen LogP contribution in [-0.2, 0) is 9.59 Å². The monoisotopic (exact) mass is 253 g/mol. The fraction of sp³-hybridized carbons (Fsp3) is 0.500. The van der Waals surface area contributed by atoms with Gasteiger partial charge < -0.3 is 10.0 Å². The van der Waals surface area contributed by atoms with Gasteiger partial charge >= 0.3 is 5.97 Å². The summed E-state index contributed by atoms with van der Waals surface area (Å²) in [7, 11) is 0. The van der Waals surface area contributed by atoms with Gasteiger partial charge in [0.25, 0.3) is 0 Å². The molecule has 1 fully saturated rings. The van der Waals surface area contributed by atoms with E-state index in [2.05, 4.69) is 0 Å². The third-order valence-electron chi connectivity index (χ3n) is 3.05. The van der Waals surface area contributed by atoms with Gasteiger partial charge in [-0.1, -0.05) is 13.0 Å². The summed E-state index contributed by atoms with van der Waals surface area (Å²) in [6.07, 6.45) is 0.970. The molecule has 2 rings (SSSR count). The minimum atomic E-state index is -0.879. The molecule has 1 aromatic heterocycles. The largest absolute Gasteiger partial charge is 0.481 e. The van der Waals surface area contributed by atoms with Crippen LogP contribution in [0.1, 0.15) is 30.7 Å². The number of hydrogen-bond acceptors (Lipinski definition) is 3. The Kier molecular flexibility index (Phi) is 3.47. The summed E-state index contributed by atoms with van der Waals surface area (Å²) in [6.45, 7) is 2.62. The Hall–Kier alpha value is -1.36. The summed E-state index contributed by atoms with van der Waals surface area (Å²) in [6, 6.07) is 3.53. The number of aliphatic carboxylic acids is 1.